The zero-order valence-electron chi connectivity index (χ0n) is 14.4. The maximum atomic E-state index is 12.9. The summed E-state index contributed by atoms with van der Waals surface area (Å²) in [5.74, 6) is -1.36. The smallest absolute Gasteiger partial charge is 0.322 e. The second-order valence-electron chi connectivity index (χ2n) is 6.50. The molecule has 138 valence electrons. The van der Waals surface area contributed by atoms with E-state index in [4.69, 9.17) is 14.9 Å². The van der Waals surface area contributed by atoms with Gasteiger partial charge in [-0.1, -0.05) is 0 Å². The minimum atomic E-state index is -1.00. The van der Waals surface area contributed by atoms with E-state index >= 15 is 0 Å². The Morgan fingerprint density at radius 3 is 2.65 bits per heavy atom. The molecular weight excluding hydrogens is 360 g/mol. The van der Waals surface area contributed by atoms with Crippen molar-refractivity contribution in [3.63, 3.8) is 0 Å². The Kier molecular flexibility index (Phi) is 4.45. The number of hydrogen-bond donors (Lipinski definition) is 3. The first-order chi connectivity index (χ1) is 12.1. The quantitative estimate of drug-likeness (QED) is 0.541. The number of rotatable bonds is 3. The summed E-state index contributed by atoms with van der Waals surface area (Å²) < 4.78 is 9.90. The summed E-state index contributed by atoms with van der Waals surface area (Å²) in [6.07, 6.45) is 0. The lowest BCUT2D eigenvalue weighted by molar-refractivity contribution is -0.140. The summed E-state index contributed by atoms with van der Waals surface area (Å²) >= 11 is 1.30. The van der Waals surface area contributed by atoms with Gasteiger partial charge in [0.1, 0.15) is 17.4 Å². The van der Waals surface area contributed by atoms with Gasteiger partial charge in [0.05, 0.1) is 16.3 Å². The standard InChI is InChI=1S/C17H18N2O6S/c1-7(20)24-8-4-5-9-10(6-8)25-14(18)11(12(9)21)15-19-13(16(22)23)17(2,3)26-15/h4-6,13,15,19H,18H2,1-3H3,(H,22,23). The van der Waals surface area contributed by atoms with E-state index in [2.05, 4.69) is 5.32 Å². The number of carboxylic acid groups (broad SMARTS) is 1. The van der Waals surface area contributed by atoms with Crippen LogP contribution in [0.15, 0.2) is 27.4 Å². The van der Waals surface area contributed by atoms with Gasteiger partial charge in [0.25, 0.3) is 0 Å². The van der Waals surface area contributed by atoms with Gasteiger partial charge in [-0.25, -0.2) is 0 Å². The van der Waals surface area contributed by atoms with Crippen LogP contribution < -0.4 is 21.2 Å². The molecule has 3 rings (SSSR count). The van der Waals surface area contributed by atoms with Gasteiger partial charge in [0.15, 0.2) is 0 Å². The predicted molar refractivity (Wildman–Crippen MR) is 97.2 cm³/mol. The van der Waals surface area contributed by atoms with Crippen LogP contribution in [0, 0.1) is 0 Å². The van der Waals surface area contributed by atoms with E-state index in [1.165, 1.54) is 36.9 Å². The summed E-state index contributed by atoms with van der Waals surface area (Å²) in [7, 11) is 0. The van der Waals surface area contributed by atoms with Crippen LogP contribution in [0.2, 0.25) is 0 Å². The van der Waals surface area contributed by atoms with E-state index in [0.29, 0.717) is 0 Å². The van der Waals surface area contributed by atoms with Gasteiger partial charge in [0.2, 0.25) is 11.3 Å². The fourth-order valence-corrected chi connectivity index (χ4v) is 4.41. The summed E-state index contributed by atoms with van der Waals surface area (Å²) in [6, 6.07) is 3.55. The molecule has 1 aliphatic heterocycles. The predicted octanol–water partition coefficient (Wildman–Crippen LogP) is 1.87. The number of nitrogen functional groups attached to an aromatic ring is 1. The number of benzene rings is 1. The Labute approximate surface area is 152 Å². The molecule has 2 atom stereocenters. The maximum absolute atomic E-state index is 12.9. The summed E-state index contributed by atoms with van der Waals surface area (Å²) in [4.78, 5) is 35.4. The van der Waals surface area contributed by atoms with Crippen molar-refractivity contribution in [3.8, 4) is 5.75 Å². The molecule has 9 heteroatoms. The highest BCUT2D eigenvalue weighted by atomic mass is 32.2. The Morgan fingerprint density at radius 2 is 2.08 bits per heavy atom. The number of carbonyl (C=O) groups is 2. The third kappa shape index (κ3) is 3.15. The van der Waals surface area contributed by atoms with Crippen molar-refractivity contribution < 1.29 is 23.8 Å². The second kappa shape index (κ2) is 6.33. The molecule has 1 aromatic heterocycles. The minimum Gasteiger partial charge on any atom is -0.480 e. The van der Waals surface area contributed by atoms with Crippen LogP contribution in [-0.4, -0.2) is 27.8 Å². The van der Waals surface area contributed by atoms with Crippen molar-refractivity contribution in [1.82, 2.24) is 5.32 Å². The van der Waals surface area contributed by atoms with Gasteiger partial charge in [-0.2, -0.15) is 0 Å². The van der Waals surface area contributed by atoms with Crippen LogP contribution in [-0.2, 0) is 9.59 Å². The highest BCUT2D eigenvalue weighted by Crippen LogP contribution is 2.46. The first-order valence-electron chi connectivity index (χ1n) is 7.81. The van der Waals surface area contributed by atoms with Crippen LogP contribution in [0.25, 0.3) is 11.0 Å². The van der Waals surface area contributed by atoms with E-state index in [-0.39, 0.29) is 33.6 Å². The highest BCUT2D eigenvalue weighted by Gasteiger charge is 2.47. The van der Waals surface area contributed by atoms with Crippen molar-refractivity contribution in [2.45, 2.75) is 36.9 Å². The number of carbonyl (C=O) groups excluding carboxylic acids is 1. The van der Waals surface area contributed by atoms with Gasteiger partial charge in [-0.3, -0.25) is 19.7 Å². The Hall–Kier alpha value is -2.52. The van der Waals surface area contributed by atoms with Crippen LogP contribution in [0.5, 0.6) is 5.75 Å². The third-order valence-corrected chi connectivity index (χ3v) is 5.58. The average molecular weight is 378 g/mol. The van der Waals surface area contributed by atoms with Gasteiger partial charge in [0, 0.05) is 17.7 Å². The van der Waals surface area contributed by atoms with Crippen molar-refractivity contribution in [2.75, 3.05) is 5.73 Å². The van der Waals surface area contributed by atoms with Crippen LogP contribution >= 0.6 is 11.8 Å². The summed E-state index contributed by atoms with van der Waals surface area (Å²) in [5, 5.41) is 12.0. The third-order valence-electron chi connectivity index (χ3n) is 4.13. The van der Waals surface area contributed by atoms with Crippen molar-refractivity contribution >= 4 is 40.6 Å². The molecule has 1 saturated heterocycles. The highest BCUT2D eigenvalue weighted by molar-refractivity contribution is 8.01. The normalized spacial score (nSPS) is 21.7. The van der Waals surface area contributed by atoms with E-state index in [0.717, 1.165) is 0 Å². The molecule has 0 spiro atoms. The van der Waals surface area contributed by atoms with Gasteiger partial charge in [-0.05, 0) is 26.0 Å². The summed E-state index contributed by atoms with van der Waals surface area (Å²) in [5.41, 5.74) is 5.96. The largest absolute Gasteiger partial charge is 0.480 e. The van der Waals surface area contributed by atoms with E-state index in [1.807, 2.05) is 0 Å². The number of nitrogens with two attached hydrogens (primary N) is 1. The molecule has 2 unspecified atom stereocenters. The Balaban J connectivity index is 2.07. The lowest BCUT2D eigenvalue weighted by Gasteiger charge is -2.20. The van der Waals surface area contributed by atoms with Gasteiger partial charge < -0.3 is 20.0 Å². The number of carboxylic acids is 1. The lowest BCUT2D eigenvalue weighted by Crippen LogP contribution is -2.44. The fourth-order valence-electron chi connectivity index (χ4n) is 2.95. The first kappa shape index (κ1) is 18.3. The number of hydrogen-bond acceptors (Lipinski definition) is 8. The molecule has 4 N–H and O–H groups in total. The van der Waals surface area contributed by atoms with Crippen LogP contribution in [0.4, 0.5) is 5.88 Å². The molecule has 1 aromatic carbocycles. The van der Waals surface area contributed by atoms with Crippen molar-refractivity contribution in [1.29, 1.82) is 0 Å². The molecule has 0 aliphatic carbocycles. The minimum absolute atomic E-state index is 0.102. The molecular formula is C17H18N2O6S. The molecule has 2 aromatic rings. The molecule has 26 heavy (non-hydrogen) atoms. The number of ether oxygens (including phenoxy) is 1. The van der Waals surface area contributed by atoms with E-state index in [1.54, 1.807) is 13.8 Å². The number of thioether (sulfide) groups is 1. The lowest BCUT2D eigenvalue weighted by atomic mass is 10.0. The molecule has 0 radical (unpaired) electrons. The zero-order valence-corrected chi connectivity index (χ0v) is 15.2. The monoisotopic (exact) mass is 378 g/mol. The summed E-state index contributed by atoms with van der Waals surface area (Å²) in [6.45, 7) is 4.84. The fraction of sp³-hybridized carbons (Fsp3) is 0.353. The molecule has 0 bridgehead atoms. The Bertz CT molecular complexity index is 968. The number of aliphatic carboxylic acids is 1. The van der Waals surface area contributed by atoms with E-state index < -0.39 is 28.1 Å². The van der Waals surface area contributed by atoms with Crippen LogP contribution in [0.3, 0.4) is 0 Å². The number of esters is 1. The SMILES string of the molecule is CC(=O)Oc1ccc2c(=O)c(C3NC(C(=O)O)C(C)(C)S3)c(N)oc2c1. The maximum Gasteiger partial charge on any atom is 0.322 e. The topological polar surface area (TPSA) is 132 Å². The average Bonchev–Trinajstić information content (AvgIpc) is 2.81. The number of anilines is 1. The van der Waals surface area contributed by atoms with Crippen molar-refractivity contribution in [2.24, 2.45) is 0 Å². The molecule has 8 nitrogen and oxygen atoms in total. The Morgan fingerprint density at radius 1 is 1.38 bits per heavy atom. The molecule has 1 fully saturated rings. The molecule has 2 heterocycles. The molecule has 1 aliphatic rings. The van der Waals surface area contributed by atoms with Crippen molar-refractivity contribution in [3.05, 3.63) is 34.0 Å². The van der Waals surface area contributed by atoms with E-state index in [9.17, 15) is 19.5 Å². The second-order valence-corrected chi connectivity index (χ2v) is 8.26. The first-order valence-corrected chi connectivity index (χ1v) is 8.69. The number of fused-ring (bicyclic) bond motifs is 1. The van der Waals surface area contributed by atoms with Gasteiger partial charge in [-0.15, -0.1) is 11.8 Å². The molecule has 0 saturated carbocycles. The number of nitrogens with one attached hydrogen (secondary N) is 1. The van der Waals surface area contributed by atoms with Gasteiger partial charge >= 0.3 is 11.9 Å². The van der Waals surface area contributed by atoms with Crippen LogP contribution in [0.1, 0.15) is 31.7 Å². The molecule has 0 amide bonds. The zero-order chi connectivity index (χ0) is 19.2.